The van der Waals surface area contributed by atoms with E-state index in [-0.39, 0.29) is 17.7 Å². The number of rotatable bonds is 3. The zero-order valence-electron chi connectivity index (χ0n) is 14.5. The predicted molar refractivity (Wildman–Crippen MR) is 87.5 cm³/mol. The number of nitrogens with zero attached hydrogens (tertiary/aromatic N) is 3. The van der Waals surface area contributed by atoms with Gasteiger partial charge in [-0.15, -0.1) is 0 Å². The zero-order valence-corrected chi connectivity index (χ0v) is 14.5. The Morgan fingerprint density at radius 3 is 1.60 bits per heavy atom. The van der Waals surface area contributed by atoms with Gasteiger partial charge in [-0.05, 0) is 38.5 Å². The largest absolute Gasteiger partial charge is 0.480 e. The van der Waals surface area contributed by atoms with Crippen LogP contribution in [-0.2, 0) is 19.2 Å². The summed E-state index contributed by atoms with van der Waals surface area (Å²) in [7, 11) is 0. The van der Waals surface area contributed by atoms with Gasteiger partial charge in [0, 0.05) is 26.6 Å². The average Bonchev–Trinajstić information content (AvgIpc) is 3.32. The first kappa shape index (κ1) is 17.7. The van der Waals surface area contributed by atoms with Crippen molar-refractivity contribution in [2.45, 2.75) is 63.6 Å². The fourth-order valence-corrected chi connectivity index (χ4v) is 4.36. The number of carboxylic acids is 1. The van der Waals surface area contributed by atoms with Gasteiger partial charge in [0.1, 0.15) is 18.1 Å². The summed E-state index contributed by atoms with van der Waals surface area (Å²) in [5.41, 5.74) is 0. The molecule has 0 unspecified atom stereocenters. The lowest BCUT2D eigenvalue weighted by Crippen LogP contribution is -2.54. The molecule has 3 saturated heterocycles. The van der Waals surface area contributed by atoms with Crippen molar-refractivity contribution < 1.29 is 24.3 Å². The Bertz CT molecular complexity index is 543. The molecule has 3 aliphatic heterocycles. The van der Waals surface area contributed by atoms with Crippen molar-refractivity contribution in [2.75, 3.05) is 19.6 Å². The third kappa shape index (κ3) is 3.21. The van der Waals surface area contributed by atoms with Gasteiger partial charge in [0.2, 0.25) is 17.7 Å². The van der Waals surface area contributed by atoms with Crippen LogP contribution in [0.3, 0.4) is 0 Å². The summed E-state index contributed by atoms with van der Waals surface area (Å²) in [6.07, 6.45) is 3.82. The van der Waals surface area contributed by atoms with E-state index in [2.05, 4.69) is 0 Å². The molecular weight excluding hydrogens is 326 g/mol. The molecule has 3 fully saturated rings. The Kier molecular flexibility index (Phi) is 4.96. The quantitative estimate of drug-likeness (QED) is 0.775. The van der Waals surface area contributed by atoms with Gasteiger partial charge in [-0.2, -0.15) is 0 Å². The summed E-state index contributed by atoms with van der Waals surface area (Å²) in [5, 5.41) is 9.30. The lowest BCUT2D eigenvalue weighted by atomic mass is 10.1. The lowest BCUT2D eigenvalue weighted by Gasteiger charge is -2.33. The summed E-state index contributed by atoms with van der Waals surface area (Å²) in [4.78, 5) is 53.5. The van der Waals surface area contributed by atoms with Gasteiger partial charge in [0.05, 0.1) is 0 Å². The Morgan fingerprint density at radius 1 is 0.720 bits per heavy atom. The molecule has 3 atom stereocenters. The molecule has 0 radical (unpaired) electrons. The van der Waals surface area contributed by atoms with Crippen LogP contribution < -0.4 is 0 Å². The number of likely N-dealkylation sites (tertiary alicyclic amines) is 3. The molecule has 25 heavy (non-hydrogen) atoms. The van der Waals surface area contributed by atoms with Crippen molar-refractivity contribution >= 4 is 23.7 Å². The van der Waals surface area contributed by atoms with E-state index in [0.29, 0.717) is 45.3 Å². The van der Waals surface area contributed by atoms with Crippen LogP contribution in [0.25, 0.3) is 0 Å². The fourth-order valence-electron chi connectivity index (χ4n) is 4.36. The van der Waals surface area contributed by atoms with E-state index in [1.807, 2.05) is 0 Å². The first-order valence-corrected chi connectivity index (χ1v) is 9.02. The van der Waals surface area contributed by atoms with Gasteiger partial charge in [-0.3, -0.25) is 14.4 Å². The van der Waals surface area contributed by atoms with E-state index in [4.69, 9.17) is 0 Å². The highest BCUT2D eigenvalue weighted by Crippen LogP contribution is 2.28. The number of aliphatic carboxylic acids is 1. The van der Waals surface area contributed by atoms with Crippen LogP contribution in [0.15, 0.2) is 0 Å². The Morgan fingerprint density at radius 2 is 1.12 bits per heavy atom. The third-order valence-corrected chi connectivity index (χ3v) is 5.58. The highest BCUT2D eigenvalue weighted by Gasteiger charge is 2.45. The summed E-state index contributed by atoms with van der Waals surface area (Å²) in [6, 6.07) is -1.87. The average molecular weight is 351 g/mol. The van der Waals surface area contributed by atoms with E-state index in [0.717, 1.165) is 12.8 Å². The van der Waals surface area contributed by atoms with Gasteiger partial charge in [0.25, 0.3) is 0 Å². The molecule has 0 aromatic rings. The normalized spacial score (nSPS) is 29.3. The van der Waals surface area contributed by atoms with E-state index in [9.17, 15) is 24.3 Å². The van der Waals surface area contributed by atoms with Gasteiger partial charge in [-0.1, -0.05) is 0 Å². The topological polar surface area (TPSA) is 98.2 Å². The zero-order chi connectivity index (χ0) is 18.1. The number of carbonyl (C=O) groups excluding carboxylic acids is 3. The minimum absolute atomic E-state index is 0.122. The van der Waals surface area contributed by atoms with Crippen LogP contribution >= 0.6 is 0 Å². The van der Waals surface area contributed by atoms with E-state index in [1.54, 1.807) is 9.80 Å². The molecule has 3 heterocycles. The standard InChI is InChI=1S/C17H25N3O5/c1-11(21)18-8-2-5-12(18)15(22)19-9-3-6-13(19)16(23)20-10-4-7-14(20)17(24)25/h12-14H,2-10H2,1H3,(H,24,25)/t12-,13-,14-/m0/s1. The third-order valence-electron chi connectivity index (χ3n) is 5.58. The van der Waals surface area contributed by atoms with Crippen molar-refractivity contribution in [3.63, 3.8) is 0 Å². The molecule has 0 bridgehead atoms. The molecule has 138 valence electrons. The smallest absolute Gasteiger partial charge is 0.326 e. The number of carboxylic acid groups (broad SMARTS) is 1. The maximum Gasteiger partial charge on any atom is 0.326 e. The number of carbonyl (C=O) groups is 4. The van der Waals surface area contributed by atoms with Crippen LogP contribution in [0.2, 0.25) is 0 Å². The van der Waals surface area contributed by atoms with E-state index < -0.39 is 24.1 Å². The van der Waals surface area contributed by atoms with Gasteiger partial charge >= 0.3 is 5.97 Å². The molecule has 0 aromatic heterocycles. The highest BCUT2D eigenvalue weighted by atomic mass is 16.4. The monoisotopic (exact) mass is 351 g/mol. The summed E-state index contributed by atoms with van der Waals surface area (Å²) in [5.74, 6) is -1.54. The van der Waals surface area contributed by atoms with Crippen LogP contribution in [0, 0.1) is 0 Å². The second kappa shape index (κ2) is 7.01. The summed E-state index contributed by atoms with van der Waals surface area (Å²) in [6.45, 7) is 2.95. The number of hydrogen-bond acceptors (Lipinski definition) is 4. The first-order valence-electron chi connectivity index (χ1n) is 9.02. The van der Waals surface area contributed by atoms with Gasteiger partial charge < -0.3 is 19.8 Å². The maximum atomic E-state index is 13.0. The Hall–Kier alpha value is -2.12. The molecule has 3 rings (SSSR count). The summed E-state index contributed by atoms with van der Waals surface area (Å²) >= 11 is 0. The second-order valence-corrected chi connectivity index (χ2v) is 7.09. The molecule has 1 N–H and O–H groups in total. The van der Waals surface area contributed by atoms with Crippen molar-refractivity contribution in [3.05, 3.63) is 0 Å². The molecular formula is C17H25N3O5. The fraction of sp³-hybridized carbons (Fsp3) is 0.765. The molecule has 3 amide bonds. The Labute approximate surface area is 146 Å². The minimum atomic E-state index is -0.986. The molecule has 0 aromatic carbocycles. The van der Waals surface area contributed by atoms with Crippen molar-refractivity contribution in [1.82, 2.24) is 14.7 Å². The molecule has 0 spiro atoms. The SMILES string of the molecule is CC(=O)N1CCC[C@H]1C(=O)N1CCC[C@H]1C(=O)N1CCC[C@H]1C(=O)O. The van der Waals surface area contributed by atoms with Crippen LogP contribution in [0.1, 0.15) is 45.4 Å². The lowest BCUT2D eigenvalue weighted by molar-refractivity contribution is -0.153. The number of amides is 3. The van der Waals surface area contributed by atoms with Gasteiger partial charge in [0.15, 0.2) is 0 Å². The van der Waals surface area contributed by atoms with E-state index >= 15 is 0 Å². The Balaban J connectivity index is 1.74. The molecule has 8 nitrogen and oxygen atoms in total. The molecule has 8 heteroatoms. The van der Waals surface area contributed by atoms with Crippen LogP contribution in [-0.4, -0.2) is 81.3 Å². The summed E-state index contributed by atoms with van der Waals surface area (Å²) < 4.78 is 0. The van der Waals surface area contributed by atoms with Crippen molar-refractivity contribution in [3.8, 4) is 0 Å². The second-order valence-electron chi connectivity index (χ2n) is 7.09. The van der Waals surface area contributed by atoms with Crippen LogP contribution in [0.4, 0.5) is 0 Å². The molecule has 0 aliphatic carbocycles. The maximum absolute atomic E-state index is 13.0. The van der Waals surface area contributed by atoms with Crippen LogP contribution in [0.5, 0.6) is 0 Å². The molecule has 0 saturated carbocycles. The number of hydrogen-bond donors (Lipinski definition) is 1. The molecule has 3 aliphatic rings. The minimum Gasteiger partial charge on any atom is -0.480 e. The van der Waals surface area contributed by atoms with Crippen molar-refractivity contribution in [2.24, 2.45) is 0 Å². The highest BCUT2D eigenvalue weighted by molar-refractivity contribution is 5.94. The van der Waals surface area contributed by atoms with Gasteiger partial charge in [-0.25, -0.2) is 4.79 Å². The van der Waals surface area contributed by atoms with E-state index in [1.165, 1.54) is 11.8 Å². The predicted octanol–water partition coefficient (Wildman–Crippen LogP) is 0.0639. The van der Waals surface area contributed by atoms with Crippen molar-refractivity contribution in [1.29, 1.82) is 0 Å². The first-order chi connectivity index (χ1) is 11.9.